The lowest BCUT2D eigenvalue weighted by Crippen LogP contribution is -2.46. The zero-order valence-electron chi connectivity index (χ0n) is 10.00. The van der Waals surface area contributed by atoms with Crippen molar-refractivity contribution in [3.05, 3.63) is 0 Å². The second kappa shape index (κ2) is 3.74. The standard InChI is InChI=1S/C13H24O2/c1-10(2)11-4-3-5-13(15,8-11)12(9-14)6-7-12/h10-11,14-15H,3-9H2,1-2H3. The number of aliphatic hydroxyl groups is 2. The molecule has 2 nitrogen and oxygen atoms in total. The summed E-state index contributed by atoms with van der Waals surface area (Å²) in [7, 11) is 0. The Balaban J connectivity index is 2.08. The lowest BCUT2D eigenvalue weighted by atomic mass is 9.67. The van der Waals surface area contributed by atoms with Crippen molar-refractivity contribution in [3.8, 4) is 0 Å². The molecule has 0 amide bonds. The summed E-state index contributed by atoms with van der Waals surface area (Å²) in [5.41, 5.74) is -0.685. The van der Waals surface area contributed by atoms with Crippen LogP contribution < -0.4 is 0 Å². The van der Waals surface area contributed by atoms with Crippen LogP contribution >= 0.6 is 0 Å². The van der Waals surface area contributed by atoms with Crippen molar-refractivity contribution >= 4 is 0 Å². The second-order valence-electron chi connectivity index (χ2n) is 6.07. The minimum Gasteiger partial charge on any atom is -0.396 e. The first-order chi connectivity index (χ1) is 7.03. The Hall–Kier alpha value is -0.0800. The fourth-order valence-electron chi connectivity index (χ4n) is 3.27. The van der Waals surface area contributed by atoms with E-state index < -0.39 is 5.60 Å². The minimum absolute atomic E-state index is 0.124. The molecule has 0 aromatic carbocycles. The number of rotatable bonds is 3. The highest BCUT2D eigenvalue weighted by molar-refractivity contribution is 5.09. The third-order valence-electron chi connectivity index (χ3n) is 4.85. The predicted octanol–water partition coefficient (Wildman–Crippen LogP) is 2.34. The number of hydrogen-bond acceptors (Lipinski definition) is 2. The van der Waals surface area contributed by atoms with E-state index in [-0.39, 0.29) is 12.0 Å². The van der Waals surface area contributed by atoms with Crippen molar-refractivity contribution in [1.29, 1.82) is 0 Å². The average Bonchev–Trinajstić information content (AvgIpc) is 2.98. The Morgan fingerprint density at radius 2 is 1.93 bits per heavy atom. The van der Waals surface area contributed by atoms with Crippen LogP contribution in [0.3, 0.4) is 0 Å². The number of hydrogen-bond donors (Lipinski definition) is 2. The molecule has 2 N–H and O–H groups in total. The molecule has 2 atom stereocenters. The zero-order chi connectivity index (χ0) is 11.1. The van der Waals surface area contributed by atoms with Gasteiger partial charge in [0.1, 0.15) is 0 Å². The van der Waals surface area contributed by atoms with Crippen molar-refractivity contribution in [1.82, 2.24) is 0 Å². The molecular weight excluding hydrogens is 188 g/mol. The lowest BCUT2D eigenvalue weighted by molar-refractivity contribution is -0.0989. The van der Waals surface area contributed by atoms with Crippen molar-refractivity contribution in [2.45, 2.75) is 58.0 Å². The van der Waals surface area contributed by atoms with Crippen LogP contribution in [0.2, 0.25) is 0 Å². The molecule has 0 radical (unpaired) electrons. The molecule has 2 aliphatic rings. The Bertz CT molecular complexity index is 233. The van der Waals surface area contributed by atoms with E-state index in [0.717, 1.165) is 32.1 Å². The molecule has 0 aliphatic heterocycles. The fourth-order valence-corrected chi connectivity index (χ4v) is 3.27. The van der Waals surface area contributed by atoms with Crippen LogP contribution in [0.15, 0.2) is 0 Å². The molecule has 2 aliphatic carbocycles. The van der Waals surface area contributed by atoms with Gasteiger partial charge in [-0.25, -0.2) is 0 Å². The van der Waals surface area contributed by atoms with E-state index in [9.17, 15) is 10.2 Å². The Morgan fingerprint density at radius 3 is 2.40 bits per heavy atom. The van der Waals surface area contributed by atoms with E-state index in [2.05, 4.69) is 13.8 Å². The van der Waals surface area contributed by atoms with Gasteiger partial charge in [-0.3, -0.25) is 0 Å². The SMILES string of the molecule is CC(C)C1CCCC(O)(C2(CO)CC2)C1. The smallest absolute Gasteiger partial charge is 0.0728 e. The molecule has 2 fully saturated rings. The number of aliphatic hydroxyl groups excluding tert-OH is 1. The van der Waals surface area contributed by atoms with Gasteiger partial charge in [0, 0.05) is 5.41 Å². The van der Waals surface area contributed by atoms with Gasteiger partial charge in [-0.05, 0) is 43.9 Å². The van der Waals surface area contributed by atoms with Crippen LogP contribution in [0.4, 0.5) is 0 Å². The summed E-state index contributed by atoms with van der Waals surface area (Å²) >= 11 is 0. The molecule has 0 bridgehead atoms. The van der Waals surface area contributed by atoms with Gasteiger partial charge in [-0.1, -0.05) is 20.3 Å². The van der Waals surface area contributed by atoms with Gasteiger partial charge in [0.05, 0.1) is 12.2 Å². The summed E-state index contributed by atoms with van der Waals surface area (Å²) in [5, 5.41) is 20.2. The zero-order valence-corrected chi connectivity index (χ0v) is 10.00. The molecule has 0 aromatic rings. The quantitative estimate of drug-likeness (QED) is 0.754. The van der Waals surface area contributed by atoms with Crippen LogP contribution in [0, 0.1) is 17.3 Å². The van der Waals surface area contributed by atoms with Gasteiger partial charge >= 0.3 is 0 Å². The first-order valence-corrected chi connectivity index (χ1v) is 6.36. The fraction of sp³-hybridized carbons (Fsp3) is 1.00. The molecule has 15 heavy (non-hydrogen) atoms. The molecule has 2 heteroatoms. The summed E-state index contributed by atoms with van der Waals surface area (Å²) in [6.07, 6.45) is 6.22. The van der Waals surface area contributed by atoms with Crippen molar-refractivity contribution < 1.29 is 10.2 Å². The molecule has 88 valence electrons. The van der Waals surface area contributed by atoms with E-state index >= 15 is 0 Å². The van der Waals surface area contributed by atoms with Crippen LogP contribution in [0.1, 0.15) is 52.4 Å². The van der Waals surface area contributed by atoms with E-state index in [0.29, 0.717) is 11.8 Å². The summed E-state index contributed by atoms with van der Waals surface area (Å²) in [5.74, 6) is 1.30. The summed E-state index contributed by atoms with van der Waals surface area (Å²) < 4.78 is 0. The summed E-state index contributed by atoms with van der Waals surface area (Å²) in [6.45, 7) is 4.66. The molecule has 2 rings (SSSR count). The first kappa shape index (κ1) is 11.4. The average molecular weight is 212 g/mol. The second-order valence-corrected chi connectivity index (χ2v) is 6.07. The highest BCUT2D eigenvalue weighted by Crippen LogP contribution is 2.59. The molecule has 2 saturated carbocycles. The van der Waals surface area contributed by atoms with Gasteiger partial charge in [-0.2, -0.15) is 0 Å². The van der Waals surface area contributed by atoms with Crippen molar-refractivity contribution in [2.24, 2.45) is 17.3 Å². The maximum atomic E-state index is 10.7. The maximum absolute atomic E-state index is 10.7. The Labute approximate surface area is 92.7 Å². The monoisotopic (exact) mass is 212 g/mol. The molecule has 0 saturated heterocycles. The van der Waals surface area contributed by atoms with E-state index in [1.807, 2.05) is 0 Å². The van der Waals surface area contributed by atoms with Crippen molar-refractivity contribution in [3.63, 3.8) is 0 Å². The van der Waals surface area contributed by atoms with Gasteiger partial charge in [-0.15, -0.1) is 0 Å². The first-order valence-electron chi connectivity index (χ1n) is 6.36. The highest BCUT2D eigenvalue weighted by Gasteiger charge is 2.59. The van der Waals surface area contributed by atoms with Gasteiger partial charge in [0.15, 0.2) is 0 Å². The minimum atomic E-state index is -0.561. The van der Waals surface area contributed by atoms with Crippen LogP contribution in [-0.2, 0) is 0 Å². The summed E-state index contributed by atoms with van der Waals surface area (Å²) in [6, 6.07) is 0. The molecule has 0 heterocycles. The summed E-state index contributed by atoms with van der Waals surface area (Å²) in [4.78, 5) is 0. The molecule has 0 aromatic heterocycles. The van der Waals surface area contributed by atoms with E-state index in [1.165, 1.54) is 6.42 Å². The lowest BCUT2D eigenvalue weighted by Gasteiger charge is -2.43. The maximum Gasteiger partial charge on any atom is 0.0728 e. The molecule has 2 unspecified atom stereocenters. The third-order valence-corrected chi connectivity index (χ3v) is 4.85. The van der Waals surface area contributed by atoms with Crippen LogP contribution in [0.25, 0.3) is 0 Å². The molecule has 0 spiro atoms. The molecular formula is C13H24O2. The Kier molecular flexibility index (Phi) is 2.85. The van der Waals surface area contributed by atoms with Crippen LogP contribution in [0.5, 0.6) is 0 Å². The van der Waals surface area contributed by atoms with Gasteiger partial charge in [0.25, 0.3) is 0 Å². The van der Waals surface area contributed by atoms with Gasteiger partial charge in [0.2, 0.25) is 0 Å². The topological polar surface area (TPSA) is 40.5 Å². The van der Waals surface area contributed by atoms with E-state index in [1.54, 1.807) is 0 Å². The third kappa shape index (κ3) is 1.83. The van der Waals surface area contributed by atoms with Crippen molar-refractivity contribution in [2.75, 3.05) is 6.61 Å². The normalized spacial score (nSPS) is 39.4. The van der Waals surface area contributed by atoms with Gasteiger partial charge < -0.3 is 10.2 Å². The largest absolute Gasteiger partial charge is 0.396 e. The predicted molar refractivity (Wildman–Crippen MR) is 60.5 cm³/mol. The highest BCUT2D eigenvalue weighted by atomic mass is 16.3. The van der Waals surface area contributed by atoms with E-state index in [4.69, 9.17) is 0 Å². The Morgan fingerprint density at radius 1 is 1.27 bits per heavy atom. The van der Waals surface area contributed by atoms with Crippen LogP contribution in [-0.4, -0.2) is 22.4 Å².